The average Bonchev–Trinajstić information content (AvgIpc) is 3.22. The van der Waals surface area contributed by atoms with Gasteiger partial charge in [-0.2, -0.15) is 13.2 Å². The number of pyridine rings is 1. The van der Waals surface area contributed by atoms with Crippen LogP contribution in [0.1, 0.15) is 28.8 Å². The van der Waals surface area contributed by atoms with Crippen molar-refractivity contribution in [2.45, 2.75) is 31.6 Å². The predicted molar refractivity (Wildman–Crippen MR) is 108 cm³/mol. The highest BCUT2D eigenvalue weighted by Crippen LogP contribution is 2.26. The van der Waals surface area contributed by atoms with Gasteiger partial charge in [0.25, 0.3) is 5.91 Å². The molecule has 3 rings (SSSR count). The molecular formula is C20H18Cl2F3N3O3. The molecule has 1 aromatic heterocycles. The molecule has 0 bridgehead atoms. The third-order valence-corrected chi connectivity index (χ3v) is 5.37. The molecule has 31 heavy (non-hydrogen) atoms. The van der Waals surface area contributed by atoms with Crippen LogP contribution < -0.4 is 10.1 Å². The molecule has 0 aliphatic carbocycles. The fourth-order valence-corrected chi connectivity index (χ4v) is 3.44. The summed E-state index contributed by atoms with van der Waals surface area (Å²) in [5.41, 5.74) is 0.917. The monoisotopic (exact) mass is 475 g/mol. The molecule has 0 saturated carbocycles. The highest BCUT2D eigenvalue weighted by molar-refractivity contribution is 6.42. The number of carbonyl (C=O) groups excluding carboxylic acids is 2. The number of amides is 2. The summed E-state index contributed by atoms with van der Waals surface area (Å²) in [5.74, 6) is -0.811. The van der Waals surface area contributed by atoms with Crippen LogP contribution in [0.5, 0.6) is 5.88 Å². The van der Waals surface area contributed by atoms with Crippen molar-refractivity contribution in [2.24, 2.45) is 0 Å². The van der Waals surface area contributed by atoms with Crippen LogP contribution >= 0.6 is 23.2 Å². The summed E-state index contributed by atoms with van der Waals surface area (Å²) in [7, 11) is 0. The maximum Gasteiger partial charge on any atom is 0.422 e. The Bertz CT molecular complexity index is 955. The number of hydrogen-bond acceptors (Lipinski definition) is 4. The van der Waals surface area contributed by atoms with E-state index in [1.54, 1.807) is 6.07 Å². The van der Waals surface area contributed by atoms with Crippen LogP contribution in [-0.4, -0.2) is 47.1 Å². The number of rotatable bonds is 6. The Balaban J connectivity index is 1.57. The number of carbonyl (C=O) groups is 2. The Morgan fingerprint density at radius 1 is 1.19 bits per heavy atom. The highest BCUT2D eigenvalue weighted by Gasteiger charge is 2.34. The van der Waals surface area contributed by atoms with E-state index in [4.69, 9.17) is 23.2 Å². The number of halogens is 5. The van der Waals surface area contributed by atoms with Crippen molar-refractivity contribution in [1.29, 1.82) is 0 Å². The zero-order valence-corrected chi connectivity index (χ0v) is 17.6. The van der Waals surface area contributed by atoms with Crippen molar-refractivity contribution in [3.05, 3.63) is 57.7 Å². The largest absolute Gasteiger partial charge is 0.468 e. The van der Waals surface area contributed by atoms with E-state index in [-0.39, 0.29) is 29.3 Å². The fraction of sp³-hybridized carbons (Fsp3) is 0.350. The van der Waals surface area contributed by atoms with Gasteiger partial charge in [0.2, 0.25) is 11.8 Å². The summed E-state index contributed by atoms with van der Waals surface area (Å²) in [5, 5.41) is 3.32. The van der Waals surface area contributed by atoms with E-state index >= 15 is 0 Å². The number of nitrogens with one attached hydrogen (secondary N) is 1. The first-order valence-electron chi connectivity index (χ1n) is 9.32. The Hall–Kier alpha value is -2.52. The van der Waals surface area contributed by atoms with Crippen molar-refractivity contribution in [3.8, 4) is 5.88 Å². The molecule has 1 saturated heterocycles. The third-order valence-electron chi connectivity index (χ3n) is 4.63. The van der Waals surface area contributed by atoms with E-state index in [0.29, 0.717) is 35.5 Å². The minimum atomic E-state index is -4.45. The third kappa shape index (κ3) is 6.24. The molecule has 2 aromatic rings. The molecule has 1 aliphatic rings. The van der Waals surface area contributed by atoms with E-state index in [0.717, 1.165) is 0 Å². The normalized spacial score (nSPS) is 16.3. The molecule has 166 valence electrons. The van der Waals surface area contributed by atoms with Gasteiger partial charge in [0.15, 0.2) is 6.61 Å². The standard InChI is InChI=1S/C20H18Cl2F3N3O3/c21-14-5-4-13(8-15(14)22)19(30)28-7-1-2-16(28)18(29)27-10-12-3-6-17(26-9-12)31-11-20(23,24)25/h3-6,8-9,16H,1-2,7,10-11H2,(H,27,29). The van der Waals surface area contributed by atoms with Crippen molar-refractivity contribution in [3.63, 3.8) is 0 Å². The van der Waals surface area contributed by atoms with Crippen LogP contribution in [0, 0.1) is 0 Å². The number of likely N-dealkylation sites (tertiary alicyclic amines) is 1. The van der Waals surface area contributed by atoms with Crippen LogP contribution in [0.2, 0.25) is 10.0 Å². The summed E-state index contributed by atoms with van der Waals surface area (Å²) in [6.45, 7) is -0.888. The van der Waals surface area contributed by atoms with Crippen molar-refractivity contribution in [2.75, 3.05) is 13.2 Å². The number of hydrogen-bond donors (Lipinski definition) is 1. The molecule has 1 N–H and O–H groups in total. The topological polar surface area (TPSA) is 71.5 Å². The molecule has 1 fully saturated rings. The van der Waals surface area contributed by atoms with Crippen LogP contribution in [0.25, 0.3) is 0 Å². The van der Waals surface area contributed by atoms with Gasteiger partial charge < -0.3 is 15.0 Å². The summed E-state index contributed by atoms with van der Waals surface area (Å²) in [6, 6.07) is 6.71. The Morgan fingerprint density at radius 3 is 2.61 bits per heavy atom. The summed E-state index contributed by atoms with van der Waals surface area (Å²) >= 11 is 11.9. The van der Waals surface area contributed by atoms with E-state index in [2.05, 4.69) is 15.0 Å². The van der Waals surface area contributed by atoms with E-state index in [9.17, 15) is 22.8 Å². The van der Waals surface area contributed by atoms with Gasteiger partial charge in [0.05, 0.1) is 10.0 Å². The zero-order valence-electron chi connectivity index (χ0n) is 16.1. The van der Waals surface area contributed by atoms with Crippen LogP contribution in [0.4, 0.5) is 13.2 Å². The second-order valence-electron chi connectivity index (χ2n) is 6.91. The molecule has 0 spiro atoms. The Labute approximate surface area is 186 Å². The number of alkyl halides is 3. The Kier molecular flexibility index (Phi) is 7.27. The first kappa shape index (κ1) is 23.1. The molecule has 6 nitrogen and oxygen atoms in total. The zero-order chi connectivity index (χ0) is 22.6. The maximum atomic E-state index is 12.8. The molecule has 1 atom stereocenters. The summed E-state index contributed by atoms with van der Waals surface area (Å²) in [6.07, 6.45) is -1.94. The minimum absolute atomic E-state index is 0.108. The minimum Gasteiger partial charge on any atom is -0.468 e. The number of nitrogens with zero attached hydrogens (tertiary/aromatic N) is 2. The molecule has 1 aromatic carbocycles. The molecule has 2 amide bonds. The van der Waals surface area contributed by atoms with Crippen molar-refractivity contribution < 1.29 is 27.5 Å². The molecular weight excluding hydrogens is 458 g/mol. The number of benzene rings is 1. The second-order valence-corrected chi connectivity index (χ2v) is 7.73. The van der Waals surface area contributed by atoms with Crippen LogP contribution in [0.3, 0.4) is 0 Å². The Morgan fingerprint density at radius 2 is 1.97 bits per heavy atom. The lowest BCUT2D eigenvalue weighted by Crippen LogP contribution is -2.45. The fourth-order valence-electron chi connectivity index (χ4n) is 3.14. The molecule has 1 unspecified atom stereocenters. The lowest BCUT2D eigenvalue weighted by atomic mass is 10.1. The van der Waals surface area contributed by atoms with E-state index < -0.39 is 18.8 Å². The second kappa shape index (κ2) is 9.74. The smallest absolute Gasteiger partial charge is 0.422 e. The summed E-state index contributed by atoms with van der Waals surface area (Å²) < 4.78 is 41.1. The van der Waals surface area contributed by atoms with Gasteiger partial charge >= 0.3 is 6.18 Å². The molecule has 2 heterocycles. The van der Waals surface area contributed by atoms with Gasteiger partial charge in [0, 0.05) is 30.9 Å². The van der Waals surface area contributed by atoms with Crippen LogP contribution in [0.15, 0.2) is 36.5 Å². The lowest BCUT2D eigenvalue weighted by Gasteiger charge is -2.24. The first-order valence-corrected chi connectivity index (χ1v) is 10.1. The molecule has 0 radical (unpaired) electrons. The van der Waals surface area contributed by atoms with Crippen LogP contribution in [-0.2, 0) is 11.3 Å². The first-order chi connectivity index (χ1) is 14.6. The quantitative estimate of drug-likeness (QED) is 0.677. The predicted octanol–water partition coefficient (Wildman–Crippen LogP) is 4.25. The van der Waals surface area contributed by atoms with Gasteiger partial charge in [-0.15, -0.1) is 0 Å². The summed E-state index contributed by atoms with van der Waals surface area (Å²) in [4.78, 5) is 30.7. The van der Waals surface area contributed by atoms with E-state index in [1.807, 2.05) is 0 Å². The number of ether oxygens (including phenoxy) is 1. The molecule has 11 heteroatoms. The van der Waals surface area contributed by atoms with Gasteiger partial charge in [-0.25, -0.2) is 4.98 Å². The van der Waals surface area contributed by atoms with Gasteiger partial charge in [-0.05, 0) is 36.6 Å². The van der Waals surface area contributed by atoms with Crippen molar-refractivity contribution >= 4 is 35.0 Å². The van der Waals surface area contributed by atoms with Gasteiger partial charge in [-0.3, -0.25) is 9.59 Å². The highest BCUT2D eigenvalue weighted by atomic mass is 35.5. The maximum absolute atomic E-state index is 12.8. The SMILES string of the molecule is O=C(NCc1ccc(OCC(F)(F)F)nc1)C1CCCN1C(=O)c1ccc(Cl)c(Cl)c1. The van der Waals surface area contributed by atoms with Gasteiger partial charge in [-0.1, -0.05) is 29.3 Å². The average molecular weight is 476 g/mol. The lowest BCUT2D eigenvalue weighted by molar-refractivity contribution is -0.154. The van der Waals surface area contributed by atoms with E-state index in [1.165, 1.54) is 35.4 Å². The van der Waals surface area contributed by atoms with Crippen molar-refractivity contribution in [1.82, 2.24) is 15.2 Å². The van der Waals surface area contributed by atoms with Gasteiger partial charge in [0.1, 0.15) is 6.04 Å². The number of aromatic nitrogens is 1. The molecule has 1 aliphatic heterocycles.